The molecular formula is C34H51N5O9S. The average Bonchev–Trinajstić information content (AvgIpc) is 3.48. The van der Waals surface area contributed by atoms with E-state index in [1.807, 2.05) is 23.9 Å². The van der Waals surface area contributed by atoms with E-state index in [9.17, 15) is 19.8 Å². The lowest BCUT2D eigenvalue weighted by Gasteiger charge is -2.27. The Bertz CT molecular complexity index is 1190. The third-order valence-corrected chi connectivity index (χ3v) is 9.47. The molecular weight excluding hydrogens is 654 g/mol. The Balaban J connectivity index is 1.39. The first-order valence-electron chi connectivity index (χ1n) is 17.0. The second-order valence-electron chi connectivity index (χ2n) is 12.0. The number of aromatic carboxylic acids is 2. The number of ether oxygens (including phenoxy) is 5. The Morgan fingerprint density at radius 3 is 1.78 bits per heavy atom. The largest absolute Gasteiger partial charge is 0.477 e. The summed E-state index contributed by atoms with van der Waals surface area (Å²) in [4.78, 5) is 35.9. The second kappa shape index (κ2) is 22.2. The van der Waals surface area contributed by atoms with Crippen LogP contribution in [-0.4, -0.2) is 151 Å². The molecule has 4 rings (SSSR count). The first-order chi connectivity index (χ1) is 23.9. The summed E-state index contributed by atoms with van der Waals surface area (Å²) in [5.74, 6) is 0.251. The lowest BCUT2D eigenvalue weighted by atomic mass is 10.1. The third-order valence-electron chi connectivity index (χ3n) is 8.31. The molecule has 49 heavy (non-hydrogen) atoms. The molecule has 2 aliphatic rings. The van der Waals surface area contributed by atoms with Crippen molar-refractivity contribution in [3.8, 4) is 0 Å². The highest BCUT2D eigenvalue weighted by Gasteiger charge is 2.36. The van der Waals surface area contributed by atoms with Crippen LogP contribution in [0, 0.1) is 5.92 Å². The van der Waals surface area contributed by atoms with Crippen LogP contribution in [0.1, 0.15) is 45.2 Å². The molecule has 1 aliphatic carbocycles. The van der Waals surface area contributed by atoms with Gasteiger partial charge in [-0.15, -0.1) is 0 Å². The van der Waals surface area contributed by atoms with Crippen molar-refractivity contribution in [3.63, 3.8) is 0 Å². The highest BCUT2D eigenvalue weighted by atomic mass is 32.2. The van der Waals surface area contributed by atoms with Gasteiger partial charge in [-0.05, 0) is 48.8 Å². The fraction of sp³-hybridized carbons (Fsp3) is 0.647. The number of carbonyl (C=O) groups is 2. The number of nitrogens with zero attached hydrogens (tertiary/aromatic N) is 4. The van der Waals surface area contributed by atoms with Gasteiger partial charge in [0.05, 0.1) is 76.5 Å². The highest BCUT2D eigenvalue weighted by molar-refractivity contribution is 7.99. The normalized spacial score (nSPS) is 22.6. The molecule has 2 unspecified atom stereocenters. The van der Waals surface area contributed by atoms with Gasteiger partial charge in [0.2, 0.25) is 0 Å². The summed E-state index contributed by atoms with van der Waals surface area (Å²) in [7, 11) is 0. The van der Waals surface area contributed by atoms with E-state index in [-0.39, 0.29) is 23.6 Å². The van der Waals surface area contributed by atoms with Crippen LogP contribution < -0.4 is 5.73 Å². The van der Waals surface area contributed by atoms with Gasteiger partial charge < -0.3 is 39.6 Å². The molecule has 0 amide bonds. The van der Waals surface area contributed by atoms with Gasteiger partial charge in [0.25, 0.3) is 0 Å². The van der Waals surface area contributed by atoms with Crippen molar-refractivity contribution in [2.24, 2.45) is 11.7 Å². The van der Waals surface area contributed by atoms with Gasteiger partial charge >= 0.3 is 11.9 Å². The molecule has 0 spiro atoms. The number of fused-ring (bicyclic) bond motifs is 1. The molecule has 2 fully saturated rings. The predicted molar refractivity (Wildman–Crippen MR) is 184 cm³/mol. The molecule has 3 heterocycles. The maximum atomic E-state index is 11.5. The zero-order chi connectivity index (χ0) is 34.7. The highest BCUT2D eigenvalue weighted by Crippen LogP contribution is 2.33. The molecule has 2 aromatic rings. The number of rotatable bonds is 13. The van der Waals surface area contributed by atoms with Gasteiger partial charge in [0.15, 0.2) is 0 Å². The number of hydrogen-bond acceptors (Lipinski definition) is 13. The van der Waals surface area contributed by atoms with E-state index in [4.69, 9.17) is 29.4 Å². The molecule has 1 aliphatic heterocycles. The first kappa shape index (κ1) is 39.1. The van der Waals surface area contributed by atoms with Crippen LogP contribution in [0.15, 0.2) is 36.4 Å². The van der Waals surface area contributed by atoms with E-state index in [2.05, 4.69) is 19.8 Å². The van der Waals surface area contributed by atoms with E-state index in [0.29, 0.717) is 116 Å². The van der Waals surface area contributed by atoms with Crippen molar-refractivity contribution >= 4 is 23.7 Å². The zero-order valence-electron chi connectivity index (χ0n) is 28.2. The van der Waals surface area contributed by atoms with Gasteiger partial charge in [0.1, 0.15) is 11.4 Å². The van der Waals surface area contributed by atoms with E-state index in [1.54, 1.807) is 12.1 Å². The van der Waals surface area contributed by atoms with Crippen LogP contribution in [0.4, 0.5) is 0 Å². The van der Waals surface area contributed by atoms with Gasteiger partial charge in [0, 0.05) is 51.6 Å². The van der Waals surface area contributed by atoms with E-state index in [0.717, 1.165) is 24.3 Å². The monoisotopic (exact) mass is 705 g/mol. The summed E-state index contributed by atoms with van der Waals surface area (Å²) in [6, 6.07) is 10.1. The van der Waals surface area contributed by atoms with E-state index >= 15 is 0 Å². The van der Waals surface area contributed by atoms with E-state index in [1.165, 1.54) is 12.1 Å². The third kappa shape index (κ3) is 14.6. The quantitative estimate of drug-likeness (QED) is 0.258. The van der Waals surface area contributed by atoms with Crippen LogP contribution >= 0.6 is 11.8 Å². The molecule has 4 N–H and O–H groups in total. The fourth-order valence-electron chi connectivity index (χ4n) is 5.84. The van der Waals surface area contributed by atoms with Crippen LogP contribution in [0.2, 0.25) is 0 Å². The molecule has 15 heteroatoms. The molecule has 0 bridgehead atoms. The minimum Gasteiger partial charge on any atom is -0.477 e. The molecule has 2 atom stereocenters. The molecule has 1 saturated heterocycles. The van der Waals surface area contributed by atoms with Crippen molar-refractivity contribution in [1.29, 1.82) is 0 Å². The maximum Gasteiger partial charge on any atom is 0.354 e. The number of nitrogens with two attached hydrogens (primary N) is 1. The van der Waals surface area contributed by atoms with Gasteiger partial charge in [-0.25, -0.2) is 19.6 Å². The lowest BCUT2D eigenvalue weighted by Crippen LogP contribution is -2.36. The van der Waals surface area contributed by atoms with Crippen molar-refractivity contribution in [3.05, 3.63) is 59.2 Å². The predicted octanol–water partition coefficient (Wildman–Crippen LogP) is 2.11. The topological polar surface area (TPSA) is 179 Å². The second-order valence-corrected chi connectivity index (χ2v) is 13.2. The fourth-order valence-corrected chi connectivity index (χ4v) is 6.85. The molecule has 0 radical (unpaired) electrons. The Labute approximate surface area is 292 Å². The average molecular weight is 706 g/mol. The number of aromatic nitrogens is 2. The van der Waals surface area contributed by atoms with E-state index < -0.39 is 11.9 Å². The van der Waals surface area contributed by atoms with Gasteiger partial charge in [-0.1, -0.05) is 12.1 Å². The number of pyridine rings is 2. The standard InChI is InChI=1S/C34H51N5O9S/c35-7-12-44-19-20-49-25-26-21-31-32(22-26)48-16-11-39(24-28-4-2-6-30(37-28)34(42)43)9-14-46-18-17-45-13-8-38(10-15-47-31)23-27-3-1-5-29(36-27)33(40)41/h1-6,26,31-32H,7-25,35H2,(H,40,41)(H,42,43). The summed E-state index contributed by atoms with van der Waals surface area (Å²) in [6.07, 6.45) is 1.68. The Morgan fingerprint density at radius 2 is 1.29 bits per heavy atom. The zero-order valence-corrected chi connectivity index (χ0v) is 29.0. The van der Waals surface area contributed by atoms with Crippen LogP contribution in [-0.2, 0) is 36.8 Å². The Morgan fingerprint density at radius 1 is 0.776 bits per heavy atom. The van der Waals surface area contributed by atoms with Crippen molar-refractivity contribution in [2.75, 3.05) is 97.1 Å². The van der Waals surface area contributed by atoms with Crippen molar-refractivity contribution in [2.45, 2.75) is 38.1 Å². The molecule has 0 aromatic carbocycles. The summed E-state index contributed by atoms with van der Waals surface area (Å²) >= 11 is 1.88. The van der Waals surface area contributed by atoms with Crippen molar-refractivity contribution < 1.29 is 43.5 Å². The summed E-state index contributed by atoms with van der Waals surface area (Å²) in [6.45, 7) is 7.99. The SMILES string of the molecule is NCCOCCSCC1CC2OCCN(Cc3cccc(C(=O)O)n3)CCOCCOCCN(Cc3cccc(C(=O)O)n3)CCOC2C1. The molecule has 2 aromatic heterocycles. The maximum absolute atomic E-state index is 11.5. The lowest BCUT2D eigenvalue weighted by molar-refractivity contribution is -0.0669. The van der Waals surface area contributed by atoms with Gasteiger partial charge in [-0.3, -0.25) is 9.80 Å². The minimum absolute atomic E-state index is 0.0212. The Hall–Kier alpha value is -2.73. The van der Waals surface area contributed by atoms with Gasteiger partial charge in [-0.2, -0.15) is 11.8 Å². The smallest absolute Gasteiger partial charge is 0.354 e. The summed E-state index contributed by atoms with van der Waals surface area (Å²) in [5.41, 5.74) is 6.92. The van der Waals surface area contributed by atoms with Crippen LogP contribution in [0.3, 0.4) is 0 Å². The summed E-state index contributed by atoms with van der Waals surface area (Å²) < 4.78 is 30.3. The number of carboxylic acid groups (broad SMARTS) is 2. The number of hydrogen-bond donors (Lipinski definition) is 3. The number of thioether (sulfide) groups is 1. The van der Waals surface area contributed by atoms with Crippen LogP contribution in [0.25, 0.3) is 0 Å². The molecule has 272 valence electrons. The first-order valence-corrected chi connectivity index (χ1v) is 18.1. The van der Waals surface area contributed by atoms with Crippen LogP contribution in [0.5, 0.6) is 0 Å². The minimum atomic E-state index is -1.05. The molecule has 1 saturated carbocycles. The molecule has 14 nitrogen and oxygen atoms in total. The summed E-state index contributed by atoms with van der Waals surface area (Å²) in [5, 5.41) is 18.8. The Kier molecular flexibility index (Phi) is 17.7. The van der Waals surface area contributed by atoms with Crippen molar-refractivity contribution in [1.82, 2.24) is 19.8 Å². The number of carboxylic acids is 2.